The zero-order valence-corrected chi connectivity index (χ0v) is 16.4. The van der Waals surface area contributed by atoms with E-state index >= 15 is 0 Å². The molecular formula is C20H28ClN3O2. The van der Waals surface area contributed by atoms with Gasteiger partial charge in [-0.3, -0.25) is 0 Å². The Bertz CT molecular complexity index is 669. The van der Waals surface area contributed by atoms with E-state index in [1.807, 2.05) is 42.2 Å². The van der Waals surface area contributed by atoms with Gasteiger partial charge >= 0.3 is 7.40 Å². The first-order valence-electron chi connectivity index (χ1n) is 8.88. The molecule has 26 heavy (non-hydrogen) atoms. The molecule has 1 aromatic carbocycles. The van der Waals surface area contributed by atoms with Crippen molar-refractivity contribution in [2.24, 2.45) is 0 Å². The molecule has 0 bridgehead atoms. The smallest absolute Gasteiger partial charge is 1.00 e. The minimum atomic E-state index is -0.329. The van der Waals surface area contributed by atoms with Gasteiger partial charge < -0.3 is 26.9 Å². The second-order valence-corrected chi connectivity index (χ2v) is 5.62. The number of likely N-dealkylation sites (N-methyl/N-ethyl adjacent to an activating group) is 1. The molecule has 2 aromatic rings. The first-order chi connectivity index (χ1) is 12.2. The predicted octanol–water partition coefficient (Wildman–Crippen LogP) is 0.855. The number of nitrogens with zero attached hydrogens (tertiary/aromatic N) is 3. The van der Waals surface area contributed by atoms with E-state index in [1.165, 1.54) is 0 Å². The van der Waals surface area contributed by atoms with Gasteiger partial charge in [-0.1, -0.05) is 32.0 Å². The second-order valence-electron chi connectivity index (χ2n) is 5.62. The van der Waals surface area contributed by atoms with Gasteiger partial charge in [-0.05, 0) is 44.3 Å². The molecule has 0 spiro atoms. The third-order valence-electron chi connectivity index (χ3n) is 4.18. The molecule has 0 aliphatic carbocycles. The Kier molecular flexibility index (Phi) is 9.70. The van der Waals surface area contributed by atoms with Crippen LogP contribution in [0.2, 0.25) is 0 Å². The molecule has 0 radical (unpaired) electrons. The first-order valence-corrected chi connectivity index (χ1v) is 8.88. The number of esters is 1. The molecule has 142 valence electrons. The summed E-state index contributed by atoms with van der Waals surface area (Å²) >= 11 is 0. The number of halogens is 1. The van der Waals surface area contributed by atoms with Crippen LogP contribution in [-0.2, 0) is 4.74 Å². The van der Waals surface area contributed by atoms with Crippen molar-refractivity contribution < 1.29 is 23.4 Å². The Balaban J connectivity index is 0.00000338. The minimum absolute atomic E-state index is 0. The highest BCUT2D eigenvalue weighted by molar-refractivity contribution is 5.95. The first kappa shape index (κ1) is 21.9. The molecular weight excluding hydrogens is 350 g/mol. The number of ether oxygens (including phenoxy) is 1. The van der Waals surface area contributed by atoms with E-state index in [1.54, 1.807) is 18.3 Å². The van der Waals surface area contributed by atoms with Gasteiger partial charge in [0.1, 0.15) is 18.0 Å². The SMILES string of the molecule is CCN(CC)CCOC(=O)c1cccnc1N(CC)c1ccccc1.[Cl-].[H+]. The maximum atomic E-state index is 12.6. The number of benzene rings is 1. The zero-order chi connectivity index (χ0) is 18.1. The van der Waals surface area contributed by atoms with E-state index in [0.29, 0.717) is 24.5 Å². The highest BCUT2D eigenvalue weighted by atomic mass is 35.5. The molecule has 0 saturated heterocycles. The summed E-state index contributed by atoms with van der Waals surface area (Å²) in [5, 5.41) is 0. The Morgan fingerprint density at radius 1 is 1.04 bits per heavy atom. The molecule has 1 heterocycles. The van der Waals surface area contributed by atoms with Crippen LogP contribution in [0.1, 0.15) is 32.6 Å². The Morgan fingerprint density at radius 3 is 2.35 bits per heavy atom. The topological polar surface area (TPSA) is 45.7 Å². The Labute approximate surface area is 163 Å². The van der Waals surface area contributed by atoms with Crippen LogP contribution in [0.4, 0.5) is 11.5 Å². The van der Waals surface area contributed by atoms with Crippen molar-refractivity contribution in [2.45, 2.75) is 20.8 Å². The standard InChI is InChI=1S/C20H27N3O2.ClH/c1-4-22(5-2)15-16-25-20(24)18-13-10-14-21-19(18)23(6-3)17-11-8-7-9-12-17;/h7-14H,4-6,15-16H2,1-3H3;1H. The predicted molar refractivity (Wildman–Crippen MR) is 103 cm³/mol. The van der Waals surface area contributed by atoms with Crippen LogP contribution in [-0.4, -0.2) is 48.6 Å². The molecule has 0 aliphatic heterocycles. The fraction of sp³-hybridized carbons (Fsp3) is 0.400. The molecule has 2 rings (SSSR count). The summed E-state index contributed by atoms with van der Waals surface area (Å²) in [5.74, 6) is 0.300. The summed E-state index contributed by atoms with van der Waals surface area (Å²) in [7, 11) is 0. The molecule has 1 aromatic heterocycles. The van der Waals surface area contributed by atoms with E-state index in [-0.39, 0.29) is 19.8 Å². The number of aromatic nitrogens is 1. The number of anilines is 2. The van der Waals surface area contributed by atoms with Crippen LogP contribution in [0.25, 0.3) is 0 Å². The van der Waals surface area contributed by atoms with Crippen molar-refractivity contribution in [2.75, 3.05) is 37.7 Å². The van der Waals surface area contributed by atoms with Gasteiger partial charge in [0, 0.05) is 25.0 Å². The maximum absolute atomic E-state index is 12.6. The maximum Gasteiger partial charge on any atom is 1.00 e. The molecule has 0 saturated carbocycles. The van der Waals surface area contributed by atoms with Gasteiger partial charge in [0.2, 0.25) is 0 Å². The van der Waals surface area contributed by atoms with Gasteiger partial charge in [0.25, 0.3) is 0 Å². The summed E-state index contributed by atoms with van der Waals surface area (Å²) in [4.78, 5) is 21.2. The van der Waals surface area contributed by atoms with Crippen molar-refractivity contribution in [1.29, 1.82) is 0 Å². The fourth-order valence-corrected chi connectivity index (χ4v) is 2.72. The third-order valence-corrected chi connectivity index (χ3v) is 4.18. The lowest BCUT2D eigenvalue weighted by molar-refractivity contribution is -0.0000243. The molecule has 0 N–H and O–H groups in total. The lowest BCUT2D eigenvalue weighted by atomic mass is 10.2. The second kappa shape index (κ2) is 11.5. The monoisotopic (exact) mass is 377 g/mol. The zero-order valence-electron chi connectivity index (χ0n) is 16.7. The molecule has 0 amide bonds. The van der Waals surface area contributed by atoms with Crippen LogP contribution in [0.3, 0.4) is 0 Å². The highest BCUT2D eigenvalue weighted by Crippen LogP contribution is 2.26. The molecule has 0 aliphatic rings. The van der Waals surface area contributed by atoms with E-state index in [4.69, 9.17) is 4.74 Å². The molecule has 0 unspecified atom stereocenters. The normalized spacial score (nSPS) is 10.3. The van der Waals surface area contributed by atoms with Crippen molar-refractivity contribution in [3.63, 3.8) is 0 Å². The van der Waals surface area contributed by atoms with Crippen molar-refractivity contribution in [3.05, 3.63) is 54.2 Å². The fourth-order valence-electron chi connectivity index (χ4n) is 2.72. The Morgan fingerprint density at radius 2 is 1.73 bits per heavy atom. The molecule has 0 atom stereocenters. The van der Waals surface area contributed by atoms with Gasteiger partial charge in [-0.25, -0.2) is 9.78 Å². The van der Waals surface area contributed by atoms with E-state index < -0.39 is 0 Å². The average molecular weight is 378 g/mol. The van der Waals surface area contributed by atoms with Crippen molar-refractivity contribution >= 4 is 17.5 Å². The number of pyridine rings is 1. The van der Waals surface area contributed by atoms with Gasteiger partial charge in [-0.15, -0.1) is 0 Å². The minimum Gasteiger partial charge on any atom is -1.00 e. The molecule has 6 heteroatoms. The van der Waals surface area contributed by atoms with Crippen LogP contribution >= 0.6 is 0 Å². The largest absolute Gasteiger partial charge is 1.00 e. The van der Waals surface area contributed by atoms with Crippen molar-refractivity contribution in [3.8, 4) is 0 Å². The van der Waals surface area contributed by atoms with Crippen LogP contribution in [0, 0.1) is 0 Å². The quantitative estimate of drug-likeness (QED) is 0.606. The van der Waals surface area contributed by atoms with Crippen LogP contribution in [0.15, 0.2) is 48.7 Å². The summed E-state index contributed by atoms with van der Waals surface area (Å²) in [5.41, 5.74) is 1.49. The van der Waals surface area contributed by atoms with E-state index in [9.17, 15) is 4.79 Å². The molecule has 5 nitrogen and oxygen atoms in total. The molecule has 0 fully saturated rings. The average Bonchev–Trinajstić information content (AvgIpc) is 2.67. The van der Waals surface area contributed by atoms with Crippen LogP contribution < -0.4 is 17.3 Å². The van der Waals surface area contributed by atoms with Gasteiger partial charge in [0.15, 0.2) is 0 Å². The number of para-hydroxylation sites is 1. The van der Waals surface area contributed by atoms with E-state index in [0.717, 1.165) is 25.3 Å². The summed E-state index contributed by atoms with van der Waals surface area (Å²) in [6.45, 7) is 9.97. The van der Waals surface area contributed by atoms with Gasteiger partial charge in [-0.2, -0.15) is 0 Å². The number of carbonyl (C=O) groups excluding carboxylic acids is 1. The number of hydrogen-bond acceptors (Lipinski definition) is 5. The summed E-state index contributed by atoms with van der Waals surface area (Å²) in [6, 6.07) is 13.5. The van der Waals surface area contributed by atoms with Crippen LogP contribution in [0.5, 0.6) is 0 Å². The highest BCUT2D eigenvalue weighted by Gasteiger charge is 2.19. The summed E-state index contributed by atoms with van der Waals surface area (Å²) in [6.07, 6.45) is 1.70. The van der Waals surface area contributed by atoms with E-state index in [2.05, 4.69) is 23.7 Å². The number of rotatable bonds is 9. The van der Waals surface area contributed by atoms with Crippen molar-refractivity contribution in [1.82, 2.24) is 9.88 Å². The number of hydrogen-bond donors (Lipinski definition) is 0. The lowest BCUT2D eigenvalue weighted by Crippen LogP contribution is -3.00. The van der Waals surface area contributed by atoms with Gasteiger partial charge in [0.05, 0.1) is 0 Å². The lowest BCUT2D eigenvalue weighted by Gasteiger charge is -2.24. The third kappa shape index (κ3) is 5.71. The number of carbonyl (C=O) groups is 1. The Hall–Kier alpha value is -2.11. The summed E-state index contributed by atoms with van der Waals surface area (Å²) < 4.78 is 5.49.